The molecule has 1 aliphatic carbocycles. The van der Waals surface area contributed by atoms with Crippen molar-refractivity contribution in [1.29, 1.82) is 0 Å². The van der Waals surface area contributed by atoms with Crippen molar-refractivity contribution in [1.82, 2.24) is 5.32 Å². The number of piperidine rings is 1. The van der Waals surface area contributed by atoms with Crippen molar-refractivity contribution in [3.05, 3.63) is 28.8 Å². The second-order valence-electron chi connectivity index (χ2n) is 5.38. The molecular formula is C15H21NO. The van der Waals surface area contributed by atoms with E-state index in [1.807, 2.05) is 6.07 Å². The van der Waals surface area contributed by atoms with Crippen LogP contribution in [0.4, 0.5) is 0 Å². The van der Waals surface area contributed by atoms with Crippen molar-refractivity contribution >= 4 is 0 Å². The SMILES string of the molecule is Oc1ccc(C2CCCNC2)c2c1CCCC2. The summed E-state index contributed by atoms with van der Waals surface area (Å²) in [6, 6.07) is 4.07. The maximum absolute atomic E-state index is 9.96. The monoisotopic (exact) mass is 231 g/mol. The maximum Gasteiger partial charge on any atom is 0.119 e. The summed E-state index contributed by atoms with van der Waals surface area (Å²) >= 11 is 0. The highest BCUT2D eigenvalue weighted by molar-refractivity contribution is 5.47. The van der Waals surface area contributed by atoms with Crippen LogP contribution in [0.3, 0.4) is 0 Å². The van der Waals surface area contributed by atoms with E-state index in [0.717, 1.165) is 25.9 Å². The zero-order valence-corrected chi connectivity index (χ0v) is 10.3. The molecule has 2 aliphatic rings. The first-order chi connectivity index (χ1) is 8.36. The molecule has 2 heteroatoms. The van der Waals surface area contributed by atoms with Gasteiger partial charge in [-0.3, -0.25) is 0 Å². The van der Waals surface area contributed by atoms with Gasteiger partial charge in [0.05, 0.1) is 0 Å². The number of aromatic hydroxyl groups is 1. The van der Waals surface area contributed by atoms with Crippen molar-refractivity contribution in [2.75, 3.05) is 13.1 Å². The van der Waals surface area contributed by atoms with Crippen molar-refractivity contribution in [3.63, 3.8) is 0 Å². The number of benzene rings is 1. The van der Waals surface area contributed by atoms with E-state index in [4.69, 9.17) is 0 Å². The number of hydrogen-bond donors (Lipinski definition) is 2. The van der Waals surface area contributed by atoms with Crippen molar-refractivity contribution in [2.24, 2.45) is 0 Å². The third kappa shape index (κ3) is 2.06. The number of rotatable bonds is 1. The van der Waals surface area contributed by atoms with Gasteiger partial charge in [0.15, 0.2) is 0 Å². The summed E-state index contributed by atoms with van der Waals surface area (Å²) in [7, 11) is 0. The number of hydrogen-bond acceptors (Lipinski definition) is 2. The molecule has 0 saturated carbocycles. The van der Waals surface area contributed by atoms with Crippen LogP contribution in [0.5, 0.6) is 5.75 Å². The van der Waals surface area contributed by atoms with Crippen LogP contribution in [0.2, 0.25) is 0 Å². The van der Waals surface area contributed by atoms with Crippen LogP contribution >= 0.6 is 0 Å². The molecule has 3 rings (SSSR count). The van der Waals surface area contributed by atoms with Gasteiger partial charge in [-0.25, -0.2) is 0 Å². The predicted octanol–water partition coefficient (Wildman–Crippen LogP) is 2.74. The van der Waals surface area contributed by atoms with E-state index < -0.39 is 0 Å². The van der Waals surface area contributed by atoms with E-state index in [1.54, 1.807) is 0 Å². The Labute approximate surface area is 103 Å². The predicted molar refractivity (Wildman–Crippen MR) is 69.6 cm³/mol. The summed E-state index contributed by atoms with van der Waals surface area (Å²) in [4.78, 5) is 0. The van der Waals surface area contributed by atoms with Gasteiger partial charge in [0.25, 0.3) is 0 Å². The second kappa shape index (κ2) is 4.69. The molecule has 0 bridgehead atoms. The third-order valence-electron chi connectivity index (χ3n) is 4.28. The zero-order valence-electron chi connectivity index (χ0n) is 10.3. The Morgan fingerprint density at radius 1 is 1.06 bits per heavy atom. The van der Waals surface area contributed by atoms with Crippen LogP contribution in [0, 0.1) is 0 Å². The fraction of sp³-hybridized carbons (Fsp3) is 0.600. The lowest BCUT2D eigenvalue weighted by Gasteiger charge is -2.28. The minimum atomic E-state index is 0.521. The molecule has 2 N–H and O–H groups in total. The average Bonchev–Trinajstić information content (AvgIpc) is 2.41. The summed E-state index contributed by atoms with van der Waals surface area (Å²) in [6.45, 7) is 2.27. The summed E-state index contributed by atoms with van der Waals surface area (Å²) in [5.74, 6) is 1.18. The van der Waals surface area contributed by atoms with Crippen molar-refractivity contribution in [3.8, 4) is 5.75 Å². The van der Waals surface area contributed by atoms with E-state index in [2.05, 4.69) is 11.4 Å². The van der Waals surface area contributed by atoms with Crippen LogP contribution in [-0.4, -0.2) is 18.2 Å². The molecule has 1 aromatic carbocycles. The molecule has 0 amide bonds. The first-order valence-electron chi connectivity index (χ1n) is 6.90. The van der Waals surface area contributed by atoms with Crippen LogP contribution in [0.15, 0.2) is 12.1 Å². The molecule has 2 nitrogen and oxygen atoms in total. The first kappa shape index (κ1) is 11.1. The normalized spacial score (nSPS) is 24.4. The maximum atomic E-state index is 9.96. The Kier molecular flexibility index (Phi) is 3.06. The standard InChI is InChI=1S/C15H21NO/c17-15-8-7-12(11-4-3-9-16-10-11)13-5-1-2-6-14(13)15/h7-8,11,16-17H,1-6,9-10H2. The van der Waals surface area contributed by atoms with Crippen LogP contribution in [0.25, 0.3) is 0 Å². The quantitative estimate of drug-likeness (QED) is 0.779. The van der Waals surface area contributed by atoms with E-state index >= 15 is 0 Å². The highest BCUT2D eigenvalue weighted by Crippen LogP contribution is 2.36. The highest BCUT2D eigenvalue weighted by Gasteiger charge is 2.22. The minimum absolute atomic E-state index is 0.521. The molecule has 1 heterocycles. The lowest BCUT2D eigenvalue weighted by molar-refractivity contribution is 0.446. The van der Waals surface area contributed by atoms with Crippen molar-refractivity contribution in [2.45, 2.75) is 44.4 Å². The topological polar surface area (TPSA) is 32.3 Å². The summed E-state index contributed by atoms with van der Waals surface area (Å²) in [5, 5.41) is 13.5. The summed E-state index contributed by atoms with van der Waals surface area (Å²) in [6.07, 6.45) is 7.31. The molecule has 0 aromatic heterocycles. The number of nitrogens with one attached hydrogen (secondary N) is 1. The molecule has 17 heavy (non-hydrogen) atoms. The summed E-state index contributed by atoms with van der Waals surface area (Å²) < 4.78 is 0. The van der Waals surface area contributed by atoms with Gasteiger partial charge in [-0.1, -0.05) is 6.07 Å². The van der Waals surface area contributed by atoms with Crippen LogP contribution in [0.1, 0.15) is 48.3 Å². The Hall–Kier alpha value is -1.02. The second-order valence-corrected chi connectivity index (χ2v) is 5.38. The molecule has 1 atom stereocenters. The fourth-order valence-electron chi connectivity index (χ4n) is 3.38. The van der Waals surface area contributed by atoms with Gasteiger partial charge >= 0.3 is 0 Å². The van der Waals surface area contributed by atoms with Crippen LogP contribution < -0.4 is 5.32 Å². The van der Waals surface area contributed by atoms with Gasteiger partial charge in [-0.05, 0) is 73.7 Å². The van der Waals surface area contributed by atoms with Gasteiger partial charge in [0.1, 0.15) is 5.75 Å². The van der Waals surface area contributed by atoms with Gasteiger partial charge < -0.3 is 10.4 Å². The molecule has 1 unspecified atom stereocenters. The smallest absolute Gasteiger partial charge is 0.119 e. The average molecular weight is 231 g/mol. The Bertz CT molecular complexity index is 408. The number of phenolic OH excluding ortho intramolecular Hbond substituents is 1. The Morgan fingerprint density at radius 2 is 1.88 bits per heavy atom. The molecule has 0 radical (unpaired) electrons. The van der Waals surface area contributed by atoms with Crippen molar-refractivity contribution < 1.29 is 5.11 Å². The minimum Gasteiger partial charge on any atom is -0.508 e. The molecule has 1 saturated heterocycles. The molecule has 1 aliphatic heterocycles. The molecule has 1 fully saturated rings. The van der Waals surface area contributed by atoms with E-state index in [0.29, 0.717) is 11.7 Å². The lowest BCUT2D eigenvalue weighted by Crippen LogP contribution is -2.29. The van der Waals surface area contributed by atoms with E-state index in [9.17, 15) is 5.11 Å². The van der Waals surface area contributed by atoms with Gasteiger partial charge in [-0.15, -0.1) is 0 Å². The molecule has 1 aromatic rings. The fourth-order valence-corrected chi connectivity index (χ4v) is 3.38. The van der Waals surface area contributed by atoms with Gasteiger partial charge in [0, 0.05) is 6.54 Å². The third-order valence-corrected chi connectivity index (χ3v) is 4.28. The Morgan fingerprint density at radius 3 is 2.65 bits per heavy atom. The Balaban J connectivity index is 1.98. The van der Waals surface area contributed by atoms with Gasteiger partial charge in [0.2, 0.25) is 0 Å². The van der Waals surface area contributed by atoms with E-state index in [-0.39, 0.29) is 0 Å². The molecule has 92 valence electrons. The number of fused-ring (bicyclic) bond motifs is 1. The van der Waals surface area contributed by atoms with Gasteiger partial charge in [-0.2, -0.15) is 0 Å². The van der Waals surface area contributed by atoms with Crippen LogP contribution in [-0.2, 0) is 12.8 Å². The zero-order chi connectivity index (χ0) is 11.7. The highest BCUT2D eigenvalue weighted by atomic mass is 16.3. The lowest BCUT2D eigenvalue weighted by atomic mass is 9.81. The largest absolute Gasteiger partial charge is 0.508 e. The molecule has 0 spiro atoms. The number of phenols is 1. The van der Waals surface area contributed by atoms with E-state index in [1.165, 1.54) is 42.4 Å². The summed E-state index contributed by atoms with van der Waals surface area (Å²) in [5.41, 5.74) is 4.20. The molecular weight excluding hydrogens is 210 g/mol. The first-order valence-corrected chi connectivity index (χ1v) is 6.90.